The van der Waals surface area contributed by atoms with Gasteiger partial charge in [-0.3, -0.25) is 4.79 Å². The maximum Gasteiger partial charge on any atom is 0.261 e. The van der Waals surface area contributed by atoms with Gasteiger partial charge in [0.05, 0.1) is 24.7 Å². The Kier molecular flexibility index (Phi) is 4.64. The smallest absolute Gasteiger partial charge is 0.261 e. The Morgan fingerprint density at radius 1 is 1.40 bits per heavy atom. The Morgan fingerprint density at radius 2 is 2.15 bits per heavy atom. The van der Waals surface area contributed by atoms with Crippen LogP contribution in [-0.2, 0) is 23.3 Å². The number of halogens is 1. The summed E-state index contributed by atoms with van der Waals surface area (Å²) in [7, 11) is 1.51. The number of nitrogens with one attached hydrogen (secondary N) is 1. The molecular formula is C12H14ClNO5S. The number of ether oxygens (including phenoxy) is 2. The average Bonchev–Trinajstić information content (AvgIpc) is 2.38. The van der Waals surface area contributed by atoms with E-state index in [1.807, 2.05) is 0 Å². The second-order valence-electron chi connectivity index (χ2n) is 4.34. The molecular weight excluding hydrogens is 306 g/mol. The minimum atomic E-state index is -3.78. The molecule has 0 radical (unpaired) electrons. The van der Waals surface area contributed by atoms with Crippen molar-refractivity contribution in [2.45, 2.75) is 17.9 Å². The molecule has 1 aliphatic rings. The van der Waals surface area contributed by atoms with E-state index >= 15 is 0 Å². The fourth-order valence-electron chi connectivity index (χ4n) is 1.86. The van der Waals surface area contributed by atoms with Gasteiger partial charge in [-0.15, -0.1) is 0 Å². The van der Waals surface area contributed by atoms with Gasteiger partial charge in [-0.1, -0.05) is 0 Å². The first-order chi connectivity index (χ1) is 9.38. The van der Waals surface area contributed by atoms with Crippen molar-refractivity contribution in [3.63, 3.8) is 0 Å². The van der Waals surface area contributed by atoms with E-state index in [1.54, 1.807) is 6.92 Å². The summed E-state index contributed by atoms with van der Waals surface area (Å²) in [5.41, 5.74) is 0.935. The van der Waals surface area contributed by atoms with Crippen LogP contribution in [0.2, 0.25) is 0 Å². The molecule has 1 saturated heterocycles. The fraction of sp³-hybridized carbons (Fsp3) is 0.417. The van der Waals surface area contributed by atoms with Gasteiger partial charge in [0.15, 0.2) is 6.10 Å². The molecule has 1 heterocycles. The standard InChI is InChI=1S/C12H14ClNO5S/c1-8-6-9(2-3-11(8)20(13,16)17)14-12(15)10-7-18-4-5-19-10/h2-3,6,10H,4-5,7H2,1H3,(H,14,15). The van der Waals surface area contributed by atoms with Crippen molar-refractivity contribution in [2.24, 2.45) is 0 Å². The molecule has 1 aliphatic heterocycles. The molecule has 1 aromatic rings. The van der Waals surface area contributed by atoms with Gasteiger partial charge in [0.25, 0.3) is 15.0 Å². The molecule has 0 aromatic heterocycles. The molecule has 0 spiro atoms. The van der Waals surface area contributed by atoms with Crippen molar-refractivity contribution >= 4 is 31.3 Å². The molecule has 1 unspecified atom stereocenters. The predicted octanol–water partition coefficient (Wildman–Crippen LogP) is 1.28. The average molecular weight is 320 g/mol. The second kappa shape index (κ2) is 6.09. The fourth-order valence-corrected chi connectivity index (χ4v) is 3.06. The van der Waals surface area contributed by atoms with Crippen molar-refractivity contribution in [1.29, 1.82) is 0 Å². The highest BCUT2D eigenvalue weighted by Gasteiger charge is 2.23. The third kappa shape index (κ3) is 3.69. The lowest BCUT2D eigenvalue weighted by molar-refractivity contribution is -0.142. The molecule has 1 atom stereocenters. The maximum absolute atomic E-state index is 11.9. The summed E-state index contributed by atoms with van der Waals surface area (Å²) >= 11 is 0. The number of carbonyl (C=O) groups is 1. The summed E-state index contributed by atoms with van der Waals surface area (Å²) in [6.45, 7) is 2.66. The van der Waals surface area contributed by atoms with Crippen LogP contribution in [-0.4, -0.2) is 40.2 Å². The topological polar surface area (TPSA) is 81.7 Å². The number of amides is 1. The Morgan fingerprint density at radius 3 is 2.70 bits per heavy atom. The van der Waals surface area contributed by atoms with Gasteiger partial charge in [-0.05, 0) is 30.7 Å². The Hall–Kier alpha value is -1.15. The number of aryl methyl sites for hydroxylation is 1. The van der Waals surface area contributed by atoms with Crippen molar-refractivity contribution in [3.05, 3.63) is 23.8 Å². The lowest BCUT2D eigenvalue weighted by atomic mass is 10.2. The number of hydrogen-bond donors (Lipinski definition) is 1. The largest absolute Gasteiger partial charge is 0.376 e. The first kappa shape index (κ1) is 15.2. The van der Waals surface area contributed by atoms with Gasteiger partial charge in [-0.25, -0.2) is 8.42 Å². The number of rotatable bonds is 3. The van der Waals surface area contributed by atoms with Crippen molar-refractivity contribution < 1.29 is 22.7 Å². The Bertz CT molecular complexity index is 610. The van der Waals surface area contributed by atoms with Crippen LogP contribution in [0.4, 0.5) is 5.69 Å². The van der Waals surface area contributed by atoms with Crippen LogP contribution in [0.15, 0.2) is 23.1 Å². The van der Waals surface area contributed by atoms with Crippen molar-refractivity contribution in [1.82, 2.24) is 0 Å². The first-order valence-corrected chi connectivity index (χ1v) is 8.24. The van der Waals surface area contributed by atoms with E-state index < -0.39 is 15.2 Å². The molecule has 1 aromatic carbocycles. The molecule has 1 N–H and O–H groups in total. The lowest BCUT2D eigenvalue weighted by Crippen LogP contribution is -2.39. The summed E-state index contributed by atoms with van der Waals surface area (Å²) in [5.74, 6) is -0.328. The summed E-state index contributed by atoms with van der Waals surface area (Å²) in [4.78, 5) is 11.9. The first-order valence-electron chi connectivity index (χ1n) is 5.93. The molecule has 1 fully saturated rings. The van der Waals surface area contributed by atoms with E-state index in [2.05, 4.69) is 5.32 Å². The summed E-state index contributed by atoms with van der Waals surface area (Å²) in [5, 5.41) is 2.65. The minimum absolute atomic E-state index is 0.0226. The molecule has 110 valence electrons. The number of carbonyl (C=O) groups excluding carboxylic acids is 1. The van der Waals surface area contributed by atoms with Gasteiger partial charge in [0.2, 0.25) is 0 Å². The zero-order valence-electron chi connectivity index (χ0n) is 10.8. The van der Waals surface area contributed by atoms with Gasteiger partial charge in [0.1, 0.15) is 0 Å². The normalized spacial score (nSPS) is 19.6. The van der Waals surface area contributed by atoms with E-state index in [0.717, 1.165) is 0 Å². The third-order valence-corrected chi connectivity index (χ3v) is 4.30. The van der Waals surface area contributed by atoms with Gasteiger partial charge in [0, 0.05) is 16.4 Å². The molecule has 20 heavy (non-hydrogen) atoms. The van der Waals surface area contributed by atoms with E-state index in [-0.39, 0.29) is 17.4 Å². The molecule has 2 rings (SSSR count). The van der Waals surface area contributed by atoms with Crippen molar-refractivity contribution in [2.75, 3.05) is 25.1 Å². The zero-order chi connectivity index (χ0) is 14.8. The van der Waals surface area contributed by atoms with E-state index in [9.17, 15) is 13.2 Å². The minimum Gasteiger partial charge on any atom is -0.376 e. The second-order valence-corrected chi connectivity index (χ2v) is 6.88. The highest BCUT2D eigenvalue weighted by molar-refractivity contribution is 8.13. The van der Waals surface area contributed by atoms with E-state index in [0.29, 0.717) is 24.5 Å². The van der Waals surface area contributed by atoms with Crippen LogP contribution in [0.3, 0.4) is 0 Å². The lowest BCUT2D eigenvalue weighted by Gasteiger charge is -2.22. The van der Waals surface area contributed by atoms with Crippen LogP contribution in [0, 0.1) is 6.92 Å². The molecule has 0 saturated carbocycles. The van der Waals surface area contributed by atoms with Crippen LogP contribution in [0.5, 0.6) is 0 Å². The Balaban J connectivity index is 2.10. The SMILES string of the molecule is Cc1cc(NC(=O)C2COCCO2)ccc1S(=O)(=O)Cl. The van der Waals surface area contributed by atoms with Crippen molar-refractivity contribution in [3.8, 4) is 0 Å². The third-order valence-electron chi connectivity index (χ3n) is 2.81. The van der Waals surface area contributed by atoms with Crippen LogP contribution >= 0.6 is 10.7 Å². The highest BCUT2D eigenvalue weighted by Crippen LogP contribution is 2.23. The molecule has 1 amide bonds. The van der Waals surface area contributed by atoms with Gasteiger partial charge < -0.3 is 14.8 Å². The summed E-state index contributed by atoms with van der Waals surface area (Å²) < 4.78 is 33.0. The van der Waals surface area contributed by atoms with Crippen LogP contribution < -0.4 is 5.32 Å². The summed E-state index contributed by atoms with van der Waals surface area (Å²) in [6, 6.07) is 4.37. The molecule has 6 nitrogen and oxygen atoms in total. The zero-order valence-corrected chi connectivity index (χ0v) is 12.3. The van der Waals surface area contributed by atoms with E-state index in [4.69, 9.17) is 20.2 Å². The monoisotopic (exact) mass is 319 g/mol. The van der Waals surface area contributed by atoms with Crippen LogP contribution in [0.1, 0.15) is 5.56 Å². The number of anilines is 1. The predicted molar refractivity (Wildman–Crippen MR) is 73.4 cm³/mol. The van der Waals surface area contributed by atoms with Gasteiger partial charge >= 0.3 is 0 Å². The van der Waals surface area contributed by atoms with Gasteiger partial charge in [-0.2, -0.15) is 0 Å². The maximum atomic E-state index is 11.9. The molecule has 8 heteroatoms. The van der Waals surface area contributed by atoms with Crippen LogP contribution in [0.25, 0.3) is 0 Å². The van der Waals surface area contributed by atoms with E-state index in [1.165, 1.54) is 18.2 Å². The molecule has 0 aliphatic carbocycles. The Labute approximate surface area is 121 Å². The summed E-state index contributed by atoms with van der Waals surface area (Å²) in [6.07, 6.45) is -0.652. The number of benzene rings is 1. The molecule has 0 bridgehead atoms. The number of hydrogen-bond acceptors (Lipinski definition) is 5. The quantitative estimate of drug-likeness (QED) is 0.849. The highest BCUT2D eigenvalue weighted by atomic mass is 35.7.